The highest BCUT2D eigenvalue weighted by molar-refractivity contribution is 6.09. The number of carbonyl (C=O) groups excluding carboxylic acids is 1. The van der Waals surface area contributed by atoms with Gasteiger partial charge in [0.2, 0.25) is 0 Å². The van der Waals surface area contributed by atoms with Gasteiger partial charge in [-0.2, -0.15) is 0 Å². The van der Waals surface area contributed by atoms with Crippen molar-refractivity contribution in [3.05, 3.63) is 48.2 Å². The predicted molar refractivity (Wildman–Crippen MR) is 78.4 cm³/mol. The summed E-state index contributed by atoms with van der Waals surface area (Å²) in [7, 11) is 0. The lowest BCUT2D eigenvalue weighted by molar-refractivity contribution is 0.0949. The van der Waals surface area contributed by atoms with Crippen LogP contribution in [-0.4, -0.2) is 17.4 Å². The third-order valence-corrected chi connectivity index (χ3v) is 3.31. The number of H-pyrrole nitrogens is 1. The second-order valence-corrected chi connectivity index (χ2v) is 4.69. The highest BCUT2D eigenvalue weighted by Gasteiger charge is 2.10. The van der Waals surface area contributed by atoms with E-state index in [9.17, 15) is 4.79 Å². The molecule has 0 bridgehead atoms. The minimum atomic E-state index is -0.0397. The zero-order valence-electron chi connectivity index (χ0n) is 10.9. The normalized spacial score (nSPS) is 11.0. The number of rotatable bonds is 3. The summed E-state index contributed by atoms with van der Waals surface area (Å²) < 4.78 is 0. The van der Waals surface area contributed by atoms with Crippen molar-refractivity contribution in [2.45, 2.75) is 13.3 Å². The maximum absolute atomic E-state index is 12.0. The third kappa shape index (κ3) is 2.08. The van der Waals surface area contributed by atoms with Gasteiger partial charge in [0.1, 0.15) is 5.69 Å². The molecule has 0 fully saturated rings. The van der Waals surface area contributed by atoms with E-state index >= 15 is 0 Å². The number of aromatic amines is 1. The van der Waals surface area contributed by atoms with Crippen molar-refractivity contribution in [3.8, 4) is 0 Å². The van der Waals surface area contributed by atoms with Crippen molar-refractivity contribution in [3.63, 3.8) is 0 Å². The average molecular weight is 252 g/mol. The molecule has 0 aliphatic rings. The van der Waals surface area contributed by atoms with Crippen LogP contribution < -0.4 is 5.32 Å². The van der Waals surface area contributed by atoms with Crippen molar-refractivity contribution in [2.24, 2.45) is 0 Å². The third-order valence-electron chi connectivity index (χ3n) is 3.31. The lowest BCUT2D eigenvalue weighted by Gasteiger charge is -1.99. The Labute approximate surface area is 111 Å². The molecule has 3 aromatic rings. The molecule has 0 unspecified atom stereocenters. The van der Waals surface area contributed by atoms with E-state index in [1.54, 1.807) is 0 Å². The molecule has 0 spiro atoms. The largest absolute Gasteiger partial charge is 0.351 e. The summed E-state index contributed by atoms with van der Waals surface area (Å²) in [5, 5.41) is 6.35. The predicted octanol–water partition coefficient (Wildman–Crippen LogP) is 3.46. The van der Waals surface area contributed by atoms with Crippen LogP contribution in [0.15, 0.2) is 42.5 Å². The van der Waals surface area contributed by atoms with Crippen LogP contribution in [0, 0.1) is 0 Å². The first-order chi connectivity index (χ1) is 9.29. The van der Waals surface area contributed by atoms with E-state index in [0.717, 1.165) is 17.3 Å². The summed E-state index contributed by atoms with van der Waals surface area (Å²) >= 11 is 0. The fourth-order valence-corrected chi connectivity index (χ4v) is 2.34. The van der Waals surface area contributed by atoms with Crippen molar-refractivity contribution < 1.29 is 4.79 Å². The van der Waals surface area contributed by atoms with E-state index < -0.39 is 0 Å². The summed E-state index contributed by atoms with van der Waals surface area (Å²) in [6, 6.07) is 14.2. The molecule has 1 amide bonds. The number of carbonyl (C=O) groups is 1. The summed E-state index contributed by atoms with van der Waals surface area (Å²) in [5.41, 5.74) is 1.63. The molecule has 0 radical (unpaired) electrons. The molecule has 0 saturated heterocycles. The monoisotopic (exact) mass is 252 g/mol. The van der Waals surface area contributed by atoms with E-state index in [-0.39, 0.29) is 5.91 Å². The lowest BCUT2D eigenvalue weighted by Crippen LogP contribution is -2.24. The molecule has 3 nitrogen and oxygen atoms in total. The summed E-state index contributed by atoms with van der Waals surface area (Å²) in [6.07, 6.45) is 0.939. The van der Waals surface area contributed by atoms with Crippen LogP contribution in [0.3, 0.4) is 0 Å². The van der Waals surface area contributed by atoms with Gasteiger partial charge in [-0.25, -0.2) is 0 Å². The van der Waals surface area contributed by atoms with Gasteiger partial charge in [-0.3, -0.25) is 4.79 Å². The maximum atomic E-state index is 12.0. The van der Waals surface area contributed by atoms with E-state index in [4.69, 9.17) is 0 Å². The van der Waals surface area contributed by atoms with Crippen molar-refractivity contribution >= 4 is 27.6 Å². The van der Waals surface area contributed by atoms with Crippen LogP contribution in [0.25, 0.3) is 21.7 Å². The molecule has 2 N–H and O–H groups in total. The number of nitrogens with one attached hydrogen (secondary N) is 2. The van der Waals surface area contributed by atoms with Gasteiger partial charge in [-0.15, -0.1) is 0 Å². The Balaban J connectivity index is 2.10. The van der Waals surface area contributed by atoms with Crippen LogP contribution in [0.2, 0.25) is 0 Å². The molecule has 96 valence electrons. The highest BCUT2D eigenvalue weighted by atomic mass is 16.1. The molecule has 1 heterocycles. The number of hydrogen-bond acceptors (Lipinski definition) is 1. The van der Waals surface area contributed by atoms with Gasteiger partial charge in [-0.1, -0.05) is 37.3 Å². The Bertz CT molecular complexity index is 743. The molecule has 0 atom stereocenters. The Hall–Kier alpha value is -2.29. The van der Waals surface area contributed by atoms with Gasteiger partial charge >= 0.3 is 0 Å². The quantitative estimate of drug-likeness (QED) is 0.736. The summed E-state index contributed by atoms with van der Waals surface area (Å²) in [6.45, 7) is 2.74. The molecular weight excluding hydrogens is 236 g/mol. The molecule has 3 rings (SSSR count). The second-order valence-electron chi connectivity index (χ2n) is 4.69. The zero-order valence-corrected chi connectivity index (χ0v) is 10.9. The van der Waals surface area contributed by atoms with Gasteiger partial charge in [0.15, 0.2) is 0 Å². The molecule has 2 aromatic carbocycles. The fraction of sp³-hybridized carbons (Fsp3) is 0.188. The topological polar surface area (TPSA) is 44.9 Å². The van der Waals surface area contributed by atoms with Gasteiger partial charge in [-0.05, 0) is 29.3 Å². The summed E-state index contributed by atoms with van der Waals surface area (Å²) in [4.78, 5) is 15.2. The Morgan fingerprint density at radius 3 is 2.84 bits per heavy atom. The van der Waals surface area contributed by atoms with Gasteiger partial charge in [0.25, 0.3) is 5.91 Å². The first-order valence-electron chi connectivity index (χ1n) is 6.58. The average Bonchev–Trinajstić information content (AvgIpc) is 2.89. The minimum absolute atomic E-state index is 0.0397. The number of amides is 1. The van der Waals surface area contributed by atoms with Crippen molar-refractivity contribution in [1.29, 1.82) is 0 Å². The second kappa shape index (κ2) is 4.76. The van der Waals surface area contributed by atoms with Crippen LogP contribution in [0.5, 0.6) is 0 Å². The molecular formula is C16H16N2O. The van der Waals surface area contributed by atoms with E-state index in [2.05, 4.69) is 28.5 Å². The van der Waals surface area contributed by atoms with E-state index in [1.807, 2.05) is 31.2 Å². The van der Waals surface area contributed by atoms with Crippen LogP contribution >= 0.6 is 0 Å². The number of aromatic nitrogens is 1. The molecule has 0 saturated carbocycles. The Morgan fingerprint density at radius 2 is 2.00 bits per heavy atom. The molecule has 1 aromatic heterocycles. The Morgan fingerprint density at radius 1 is 1.16 bits per heavy atom. The number of hydrogen-bond donors (Lipinski definition) is 2. The first kappa shape index (κ1) is 11.8. The molecule has 3 heteroatoms. The van der Waals surface area contributed by atoms with Gasteiger partial charge < -0.3 is 10.3 Å². The molecule has 0 aliphatic heterocycles. The van der Waals surface area contributed by atoms with Crippen LogP contribution in [0.1, 0.15) is 23.8 Å². The summed E-state index contributed by atoms with van der Waals surface area (Å²) in [5.74, 6) is -0.0397. The van der Waals surface area contributed by atoms with Gasteiger partial charge in [0.05, 0.1) is 0 Å². The number of benzene rings is 2. The number of fused-ring (bicyclic) bond motifs is 3. The SMILES string of the molecule is CCCNC(=O)c1cc2c(ccc3ccccc32)[nH]1. The molecule has 19 heavy (non-hydrogen) atoms. The minimum Gasteiger partial charge on any atom is -0.351 e. The zero-order chi connectivity index (χ0) is 13.2. The maximum Gasteiger partial charge on any atom is 0.267 e. The smallest absolute Gasteiger partial charge is 0.267 e. The van der Waals surface area contributed by atoms with Crippen molar-refractivity contribution in [1.82, 2.24) is 10.3 Å². The van der Waals surface area contributed by atoms with E-state index in [1.165, 1.54) is 10.8 Å². The van der Waals surface area contributed by atoms with Gasteiger partial charge in [0, 0.05) is 17.4 Å². The highest BCUT2D eigenvalue weighted by Crippen LogP contribution is 2.25. The van der Waals surface area contributed by atoms with Crippen molar-refractivity contribution in [2.75, 3.05) is 6.54 Å². The van der Waals surface area contributed by atoms with E-state index in [0.29, 0.717) is 12.2 Å². The standard InChI is InChI=1S/C16H16N2O/c1-2-9-17-16(19)15-10-13-12-6-4-3-5-11(12)7-8-14(13)18-15/h3-8,10,18H,2,9H2,1H3,(H,17,19). The molecule has 0 aliphatic carbocycles. The fourth-order valence-electron chi connectivity index (χ4n) is 2.34. The van der Waals surface area contributed by atoms with Crippen LogP contribution in [0.4, 0.5) is 0 Å². The van der Waals surface area contributed by atoms with Crippen LogP contribution in [-0.2, 0) is 0 Å². The first-order valence-corrected chi connectivity index (χ1v) is 6.58. The lowest BCUT2D eigenvalue weighted by atomic mass is 10.1. The Kier molecular flexibility index (Phi) is 2.95.